The van der Waals surface area contributed by atoms with Crippen LogP contribution in [0.25, 0.3) is 0 Å². The van der Waals surface area contributed by atoms with Crippen LogP contribution in [-0.4, -0.2) is 60.3 Å². The van der Waals surface area contributed by atoms with Gasteiger partial charge in [0.15, 0.2) is 0 Å². The predicted molar refractivity (Wildman–Crippen MR) is 126 cm³/mol. The van der Waals surface area contributed by atoms with Gasteiger partial charge in [0.1, 0.15) is 5.60 Å². The average molecular weight is 447 g/mol. The summed E-state index contributed by atoms with van der Waals surface area (Å²) in [6, 6.07) is 7.66. The maximum Gasteiger partial charge on any atom is 0.407 e. The Balaban J connectivity index is 1.38. The van der Waals surface area contributed by atoms with Crippen LogP contribution in [0.15, 0.2) is 24.3 Å². The first kappa shape index (κ1) is 24.3. The highest BCUT2D eigenvalue weighted by Gasteiger charge is 2.28. The third-order valence-electron chi connectivity index (χ3n) is 6.63. The minimum absolute atomic E-state index is 0.140. The van der Waals surface area contributed by atoms with Crippen molar-refractivity contribution < 1.29 is 14.5 Å². The van der Waals surface area contributed by atoms with Crippen LogP contribution in [0.5, 0.6) is 0 Å². The third-order valence-corrected chi connectivity index (χ3v) is 6.63. The smallest absolute Gasteiger partial charge is 0.407 e. The minimum Gasteiger partial charge on any atom is -0.444 e. The Morgan fingerprint density at radius 3 is 2.25 bits per heavy atom. The van der Waals surface area contributed by atoms with E-state index in [1.165, 1.54) is 0 Å². The Hall–Kier alpha value is -2.35. The third kappa shape index (κ3) is 7.08. The second-order valence-electron chi connectivity index (χ2n) is 10.3. The van der Waals surface area contributed by atoms with Crippen molar-refractivity contribution in [2.24, 2.45) is 5.92 Å². The number of anilines is 1. The van der Waals surface area contributed by atoms with Crippen LogP contribution in [0.2, 0.25) is 0 Å². The van der Waals surface area contributed by atoms with E-state index in [1.807, 2.05) is 32.9 Å². The lowest BCUT2D eigenvalue weighted by atomic mass is 9.89. The van der Waals surface area contributed by atoms with Crippen molar-refractivity contribution in [3.05, 3.63) is 34.4 Å². The van der Waals surface area contributed by atoms with Crippen LogP contribution in [0.3, 0.4) is 0 Å². The highest BCUT2D eigenvalue weighted by molar-refractivity contribution is 5.68. The number of benzene rings is 1. The molecule has 32 heavy (non-hydrogen) atoms. The quantitative estimate of drug-likeness (QED) is 0.508. The van der Waals surface area contributed by atoms with E-state index in [0.717, 1.165) is 63.8 Å². The van der Waals surface area contributed by atoms with Crippen LogP contribution >= 0.6 is 0 Å². The van der Waals surface area contributed by atoms with Gasteiger partial charge in [-0.15, -0.1) is 0 Å². The number of carbonyl (C=O) groups is 1. The van der Waals surface area contributed by atoms with Gasteiger partial charge in [0.25, 0.3) is 5.69 Å². The zero-order chi connectivity index (χ0) is 23.3. The molecule has 3 rings (SSSR count). The Labute approximate surface area is 191 Å². The maximum absolute atomic E-state index is 12.0. The van der Waals surface area contributed by atoms with Crippen molar-refractivity contribution >= 4 is 17.5 Å². The lowest BCUT2D eigenvalue weighted by Crippen LogP contribution is -2.46. The van der Waals surface area contributed by atoms with Gasteiger partial charge in [-0.3, -0.25) is 10.1 Å². The molecule has 2 aliphatic rings. The lowest BCUT2D eigenvalue weighted by molar-refractivity contribution is -0.384. The summed E-state index contributed by atoms with van der Waals surface area (Å²) in [7, 11) is 2.23. The zero-order valence-corrected chi connectivity index (χ0v) is 19.9. The van der Waals surface area contributed by atoms with Gasteiger partial charge >= 0.3 is 6.09 Å². The number of piperidine rings is 1. The van der Waals surface area contributed by atoms with E-state index in [0.29, 0.717) is 12.0 Å². The topological polar surface area (TPSA) is 88.0 Å². The summed E-state index contributed by atoms with van der Waals surface area (Å²) in [4.78, 5) is 27.3. The van der Waals surface area contributed by atoms with E-state index in [-0.39, 0.29) is 22.7 Å². The van der Waals surface area contributed by atoms with Crippen LogP contribution in [0, 0.1) is 16.0 Å². The molecule has 0 spiro atoms. The van der Waals surface area contributed by atoms with Crippen molar-refractivity contribution in [1.29, 1.82) is 0 Å². The molecule has 2 fully saturated rings. The molecular formula is C24H38N4O4. The highest BCUT2D eigenvalue weighted by Crippen LogP contribution is 2.28. The van der Waals surface area contributed by atoms with Crippen molar-refractivity contribution in [1.82, 2.24) is 10.2 Å². The molecule has 8 heteroatoms. The molecule has 1 heterocycles. The van der Waals surface area contributed by atoms with Gasteiger partial charge in [0.2, 0.25) is 0 Å². The number of alkyl carbamates (subject to hydrolysis) is 1. The SMILES string of the molecule is CN(CC1CCN(c2ccc([N+](=O)[O-])cc2)CC1)C1CCC(NC(=O)OC(C)(C)C)CC1. The van der Waals surface area contributed by atoms with E-state index in [9.17, 15) is 14.9 Å². The number of hydrogen-bond donors (Lipinski definition) is 1. The largest absolute Gasteiger partial charge is 0.444 e. The number of hydrogen-bond acceptors (Lipinski definition) is 6. The second-order valence-corrected chi connectivity index (χ2v) is 10.3. The van der Waals surface area contributed by atoms with E-state index in [1.54, 1.807) is 12.1 Å². The normalized spacial score (nSPS) is 22.6. The van der Waals surface area contributed by atoms with Crippen molar-refractivity contribution in [2.75, 3.05) is 31.6 Å². The molecule has 8 nitrogen and oxygen atoms in total. The first-order chi connectivity index (χ1) is 15.1. The van der Waals surface area contributed by atoms with E-state index in [4.69, 9.17) is 4.74 Å². The summed E-state index contributed by atoms with van der Waals surface area (Å²) < 4.78 is 5.38. The molecule has 0 bridgehead atoms. The van der Waals surface area contributed by atoms with Crippen molar-refractivity contribution in [2.45, 2.75) is 77.0 Å². The van der Waals surface area contributed by atoms with Crippen molar-refractivity contribution in [3.8, 4) is 0 Å². The molecule has 1 N–H and O–H groups in total. The van der Waals surface area contributed by atoms with Gasteiger partial charge in [-0.05, 0) is 84.4 Å². The van der Waals surface area contributed by atoms with Crippen LogP contribution < -0.4 is 10.2 Å². The second kappa shape index (κ2) is 10.5. The first-order valence-corrected chi connectivity index (χ1v) is 11.8. The zero-order valence-electron chi connectivity index (χ0n) is 19.9. The molecular weight excluding hydrogens is 408 g/mol. The molecule has 0 atom stereocenters. The molecule has 1 saturated carbocycles. The fourth-order valence-electron chi connectivity index (χ4n) is 4.85. The molecule has 0 radical (unpaired) electrons. The molecule has 1 aliphatic carbocycles. The first-order valence-electron chi connectivity index (χ1n) is 11.8. The number of rotatable bonds is 6. The monoisotopic (exact) mass is 446 g/mol. The Morgan fingerprint density at radius 1 is 1.12 bits per heavy atom. The molecule has 1 amide bonds. The summed E-state index contributed by atoms with van der Waals surface area (Å²) in [5.41, 5.74) is 0.745. The molecule has 1 saturated heterocycles. The van der Waals surface area contributed by atoms with E-state index >= 15 is 0 Å². The van der Waals surface area contributed by atoms with Crippen LogP contribution in [0.1, 0.15) is 59.3 Å². The fourth-order valence-corrected chi connectivity index (χ4v) is 4.85. The highest BCUT2D eigenvalue weighted by atomic mass is 16.6. The number of non-ortho nitro benzene ring substituents is 1. The van der Waals surface area contributed by atoms with Gasteiger partial charge in [-0.25, -0.2) is 4.79 Å². The van der Waals surface area contributed by atoms with Gasteiger partial charge in [-0.2, -0.15) is 0 Å². The van der Waals surface area contributed by atoms with Crippen molar-refractivity contribution in [3.63, 3.8) is 0 Å². The number of carbonyl (C=O) groups excluding carboxylic acids is 1. The Kier molecular flexibility index (Phi) is 7.98. The van der Waals surface area contributed by atoms with Gasteiger partial charge in [0.05, 0.1) is 4.92 Å². The average Bonchev–Trinajstić information content (AvgIpc) is 2.73. The van der Waals surface area contributed by atoms with Crippen LogP contribution in [0.4, 0.5) is 16.2 Å². The lowest BCUT2D eigenvalue weighted by Gasteiger charge is -2.39. The molecule has 0 aromatic heterocycles. The summed E-state index contributed by atoms with van der Waals surface area (Å²) in [5, 5.41) is 13.9. The summed E-state index contributed by atoms with van der Waals surface area (Å²) in [6.07, 6.45) is 6.14. The number of amides is 1. The standard InChI is InChI=1S/C24H38N4O4/c1-24(2,3)32-23(29)25-19-5-7-20(8-6-19)26(4)17-18-13-15-27(16-14-18)21-9-11-22(12-10-21)28(30)31/h9-12,18-20H,5-8,13-17H2,1-4H3,(H,25,29). The fraction of sp³-hybridized carbons (Fsp3) is 0.708. The summed E-state index contributed by atoms with van der Waals surface area (Å²) in [5.74, 6) is 0.673. The number of nitro groups is 1. The minimum atomic E-state index is -0.463. The number of nitro benzene ring substituents is 1. The van der Waals surface area contributed by atoms with E-state index in [2.05, 4.69) is 22.2 Å². The summed E-state index contributed by atoms with van der Waals surface area (Å²) >= 11 is 0. The molecule has 1 aliphatic heterocycles. The number of ether oxygens (including phenoxy) is 1. The molecule has 0 unspecified atom stereocenters. The van der Waals surface area contributed by atoms with Gasteiger partial charge < -0.3 is 19.9 Å². The van der Waals surface area contributed by atoms with Gasteiger partial charge in [-0.1, -0.05) is 0 Å². The van der Waals surface area contributed by atoms with Crippen LogP contribution in [-0.2, 0) is 4.74 Å². The molecule has 178 valence electrons. The summed E-state index contributed by atoms with van der Waals surface area (Å²) in [6.45, 7) is 8.73. The maximum atomic E-state index is 12.0. The van der Waals surface area contributed by atoms with E-state index < -0.39 is 5.60 Å². The molecule has 1 aromatic carbocycles. The predicted octanol–water partition coefficient (Wildman–Crippen LogP) is 4.58. The Morgan fingerprint density at radius 2 is 1.72 bits per heavy atom. The Bertz CT molecular complexity index is 761. The molecule has 1 aromatic rings. The number of nitrogens with one attached hydrogen (secondary N) is 1. The van der Waals surface area contributed by atoms with Gasteiger partial charge in [0, 0.05) is 49.5 Å². The number of nitrogens with zero attached hydrogens (tertiary/aromatic N) is 3.